The molecule has 0 aliphatic heterocycles. The predicted molar refractivity (Wildman–Crippen MR) is 136 cm³/mol. The Balaban J connectivity index is 1.50. The zero-order chi connectivity index (χ0) is 25.1. The number of hydrogen-bond donors (Lipinski definition) is 2. The van der Waals surface area contributed by atoms with Crippen LogP contribution in [-0.2, 0) is 11.2 Å². The van der Waals surface area contributed by atoms with Gasteiger partial charge in [0.05, 0.1) is 18.6 Å². The van der Waals surface area contributed by atoms with E-state index in [9.17, 15) is 19.1 Å². The molecule has 35 heavy (non-hydrogen) atoms. The Bertz CT molecular complexity index is 1230. The Morgan fingerprint density at radius 1 is 1.06 bits per heavy atom. The van der Waals surface area contributed by atoms with E-state index in [1.807, 2.05) is 38.1 Å². The fourth-order valence-corrected chi connectivity index (χ4v) is 5.92. The number of benzene rings is 2. The van der Waals surface area contributed by atoms with Crippen molar-refractivity contribution >= 4 is 23.2 Å². The summed E-state index contributed by atoms with van der Waals surface area (Å²) >= 11 is 1.61. The lowest BCUT2D eigenvalue weighted by Gasteiger charge is -2.27. The summed E-state index contributed by atoms with van der Waals surface area (Å²) in [5, 5.41) is 12.4. The highest BCUT2D eigenvalue weighted by molar-refractivity contribution is 7.12. The second-order valence-corrected chi connectivity index (χ2v) is 10.6. The molecule has 184 valence electrons. The zero-order valence-corrected chi connectivity index (χ0v) is 21.0. The van der Waals surface area contributed by atoms with Gasteiger partial charge in [-0.1, -0.05) is 24.3 Å². The number of aliphatic carboxylic acids is 1. The summed E-state index contributed by atoms with van der Waals surface area (Å²) in [7, 11) is 1.56. The lowest BCUT2D eigenvalue weighted by atomic mass is 9.86. The van der Waals surface area contributed by atoms with Gasteiger partial charge in [0.25, 0.3) is 5.91 Å². The van der Waals surface area contributed by atoms with Crippen molar-refractivity contribution in [2.24, 2.45) is 5.92 Å². The van der Waals surface area contributed by atoms with Crippen molar-refractivity contribution in [3.8, 4) is 16.9 Å². The van der Waals surface area contributed by atoms with Crippen LogP contribution in [0.2, 0.25) is 0 Å². The number of hydrogen-bond acceptors (Lipinski definition) is 4. The molecule has 1 amide bonds. The number of halogens is 1. The van der Waals surface area contributed by atoms with Crippen molar-refractivity contribution in [3.63, 3.8) is 0 Å². The van der Waals surface area contributed by atoms with E-state index < -0.39 is 5.97 Å². The first-order valence-corrected chi connectivity index (χ1v) is 12.6. The highest BCUT2D eigenvalue weighted by atomic mass is 32.1. The van der Waals surface area contributed by atoms with Crippen LogP contribution < -0.4 is 10.1 Å². The Hall–Kier alpha value is -3.19. The number of ether oxygens (including phenoxy) is 1. The van der Waals surface area contributed by atoms with Gasteiger partial charge in [-0.15, -0.1) is 11.3 Å². The summed E-state index contributed by atoms with van der Waals surface area (Å²) in [5.41, 5.74) is 4.00. The number of nitrogens with one attached hydrogen (secondary N) is 1. The minimum atomic E-state index is -0.749. The van der Waals surface area contributed by atoms with E-state index in [4.69, 9.17) is 4.74 Å². The fourth-order valence-electron chi connectivity index (χ4n) is 4.84. The van der Waals surface area contributed by atoms with Crippen LogP contribution in [0.3, 0.4) is 0 Å². The molecule has 2 aromatic carbocycles. The minimum absolute atomic E-state index is 0.00241. The van der Waals surface area contributed by atoms with Crippen molar-refractivity contribution in [2.75, 3.05) is 7.11 Å². The molecular weight excluding hydrogens is 465 g/mol. The van der Waals surface area contributed by atoms with Gasteiger partial charge >= 0.3 is 5.97 Å². The largest absolute Gasteiger partial charge is 0.497 e. The smallest absolute Gasteiger partial charge is 0.306 e. The Morgan fingerprint density at radius 3 is 2.37 bits per heavy atom. The van der Waals surface area contributed by atoms with Crippen LogP contribution in [0.4, 0.5) is 4.39 Å². The molecule has 1 aromatic heterocycles. The first-order chi connectivity index (χ1) is 16.8. The summed E-state index contributed by atoms with van der Waals surface area (Å²) in [4.78, 5) is 26.5. The van der Waals surface area contributed by atoms with E-state index in [1.54, 1.807) is 30.6 Å². The van der Waals surface area contributed by atoms with Crippen LogP contribution >= 0.6 is 11.3 Å². The van der Waals surface area contributed by atoms with Crippen molar-refractivity contribution in [2.45, 2.75) is 52.0 Å². The number of amides is 1. The normalized spacial score (nSPS) is 17.7. The van der Waals surface area contributed by atoms with Crippen molar-refractivity contribution < 1.29 is 23.8 Å². The number of carboxylic acids is 1. The second-order valence-electron chi connectivity index (χ2n) is 9.15. The summed E-state index contributed by atoms with van der Waals surface area (Å²) in [5.74, 6) is -0.851. The lowest BCUT2D eigenvalue weighted by molar-refractivity contribution is -0.142. The first-order valence-electron chi connectivity index (χ1n) is 11.8. The van der Waals surface area contributed by atoms with Crippen LogP contribution in [0.1, 0.15) is 56.9 Å². The molecule has 0 saturated heterocycles. The molecule has 0 radical (unpaired) electrons. The number of methoxy groups -OCH3 is 1. The second kappa shape index (κ2) is 10.6. The predicted octanol–water partition coefficient (Wildman–Crippen LogP) is 6.14. The van der Waals surface area contributed by atoms with E-state index in [0.29, 0.717) is 43.4 Å². The van der Waals surface area contributed by atoms with Crippen LogP contribution in [0.25, 0.3) is 11.1 Å². The zero-order valence-electron chi connectivity index (χ0n) is 20.2. The van der Waals surface area contributed by atoms with Crippen LogP contribution in [0, 0.1) is 25.6 Å². The number of carbonyl (C=O) groups is 2. The molecule has 0 spiro atoms. The van der Waals surface area contributed by atoms with Crippen LogP contribution in [-0.4, -0.2) is 30.1 Å². The number of carboxylic acid groups (broad SMARTS) is 1. The number of carbonyl (C=O) groups excluding carboxylic acids is 1. The van der Waals surface area contributed by atoms with Crippen LogP contribution in [0.5, 0.6) is 5.75 Å². The Kier molecular flexibility index (Phi) is 7.55. The van der Waals surface area contributed by atoms with Crippen molar-refractivity contribution in [3.05, 3.63) is 74.7 Å². The van der Waals surface area contributed by atoms with E-state index in [1.165, 1.54) is 6.07 Å². The van der Waals surface area contributed by atoms with Gasteiger partial charge in [0, 0.05) is 21.4 Å². The summed E-state index contributed by atoms with van der Waals surface area (Å²) in [6, 6.07) is 12.4. The Morgan fingerprint density at radius 2 is 1.74 bits per heavy atom. The quantitative estimate of drug-likeness (QED) is 0.413. The molecular formula is C28H30FNO4S. The SMILES string of the molecule is COc1ccc(F)c(-c2ccc(Cc3c(C)sc(C)c3C(=O)NC3CCC(C(=O)O)CC3)cc2)c1. The summed E-state index contributed by atoms with van der Waals surface area (Å²) in [6.45, 7) is 3.99. The molecule has 0 atom stereocenters. The van der Waals surface area contributed by atoms with Gasteiger partial charge in [0.1, 0.15) is 11.6 Å². The molecule has 3 aromatic rings. The first kappa shape index (κ1) is 24.9. The maximum atomic E-state index is 14.4. The number of thiophene rings is 1. The third kappa shape index (κ3) is 5.56. The Labute approximate surface area is 209 Å². The maximum absolute atomic E-state index is 14.4. The summed E-state index contributed by atoms with van der Waals surface area (Å²) < 4.78 is 19.6. The van der Waals surface area contributed by atoms with Crippen LogP contribution in [0.15, 0.2) is 42.5 Å². The molecule has 2 N–H and O–H groups in total. The molecule has 4 rings (SSSR count). The van der Waals surface area contributed by atoms with Crippen molar-refractivity contribution in [1.82, 2.24) is 5.32 Å². The number of aryl methyl sites for hydroxylation is 2. The molecule has 1 saturated carbocycles. The molecule has 1 aliphatic rings. The fraction of sp³-hybridized carbons (Fsp3) is 0.357. The molecule has 0 bridgehead atoms. The highest BCUT2D eigenvalue weighted by Gasteiger charge is 2.28. The van der Waals surface area contributed by atoms with Gasteiger partial charge in [-0.05, 0) is 80.8 Å². The topological polar surface area (TPSA) is 75.6 Å². The molecule has 7 heteroatoms. The monoisotopic (exact) mass is 495 g/mol. The van der Waals surface area contributed by atoms with Gasteiger partial charge < -0.3 is 15.2 Å². The van der Waals surface area contributed by atoms with E-state index in [0.717, 1.165) is 32.0 Å². The van der Waals surface area contributed by atoms with Gasteiger partial charge in [0.2, 0.25) is 0 Å². The van der Waals surface area contributed by atoms with E-state index in [2.05, 4.69) is 5.32 Å². The van der Waals surface area contributed by atoms with Gasteiger partial charge in [-0.2, -0.15) is 0 Å². The molecule has 1 aliphatic carbocycles. The molecule has 1 fully saturated rings. The number of rotatable bonds is 7. The van der Waals surface area contributed by atoms with Gasteiger partial charge in [-0.3, -0.25) is 9.59 Å². The third-order valence-electron chi connectivity index (χ3n) is 6.84. The highest BCUT2D eigenvalue weighted by Crippen LogP contribution is 2.32. The lowest BCUT2D eigenvalue weighted by Crippen LogP contribution is -2.39. The van der Waals surface area contributed by atoms with E-state index in [-0.39, 0.29) is 23.7 Å². The standard InChI is InChI=1S/C28H30FNO4S/c1-16-23(14-18-4-6-19(7-5-18)24-15-22(34-3)12-13-25(24)29)26(17(2)35-16)27(31)30-21-10-8-20(9-11-21)28(32)33/h4-7,12-13,15,20-21H,8-11,14H2,1-3H3,(H,30,31)(H,32,33). The molecule has 0 unspecified atom stereocenters. The third-order valence-corrected chi connectivity index (χ3v) is 7.91. The van der Waals surface area contributed by atoms with Crippen molar-refractivity contribution in [1.29, 1.82) is 0 Å². The average molecular weight is 496 g/mol. The summed E-state index contributed by atoms with van der Waals surface area (Å²) in [6.07, 6.45) is 3.15. The molecule has 5 nitrogen and oxygen atoms in total. The average Bonchev–Trinajstić information content (AvgIpc) is 3.12. The molecule has 1 heterocycles. The van der Waals surface area contributed by atoms with Gasteiger partial charge in [0.15, 0.2) is 0 Å². The van der Waals surface area contributed by atoms with E-state index >= 15 is 0 Å². The minimum Gasteiger partial charge on any atom is -0.497 e. The maximum Gasteiger partial charge on any atom is 0.306 e. The van der Waals surface area contributed by atoms with Gasteiger partial charge in [-0.25, -0.2) is 4.39 Å².